The fraction of sp³-hybridized carbons (Fsp3) is 0.0769. The first kappa shape index (κ1) is 20.5. The van der Waals surface area contributed by atoms with E-state index in [1.54, 1.807) is 24.3 Å². The van der Waals surface area contributed by atoms with Gasteiger partial charge in [0.2, 0.25) is 5.91 Å². The van der Waals surface area contributed by atoms with Gasteiger partial charge in [-0.2, -0.15) is 5.26 Å². The number of carbonyl (C=O) groups excluding carboxylic acids is 1. The van der Waals surface area contributed by atoms with Crippen molar-refractivity contribution < 1.29 is 4.79 Å². The first-order valence-electron chi connectivity index (χ1n) is 9.85. The number of nitrogens with one attached hydrogen (secondary N) is 1. The second-order valence-electron chi connectivity index (χ2n) is 7.32. The van der Waals surface area contributed by atoms with Gasteiger partial charge in [0.05, 0.1) is 11.6 Å². The van der Waals surface area contributed by atoms with Crippen molar-refractivity contribution in [1.82, 2.24) is 4.57 Å². The summed E-state index contributed by atoms with van der Waals surface area (Å²) in [7, 11) is 0. The van der Waals surface area contributed by atoms with Crippen molar-refractivity contribution in [3.63, 3.8) is 0 Å². The monoisotopic (exact) mass is 425 g/mol. The van der Waals surface area contributed by atoms with E-state index in [1.165, 1.54) is 0 Å². The molecule has 0 aliphatic rings. The molecule has 152 valence electrons. The number of fused-ring (bicyclic) bond motifs is 1. The summed E-state index contributed by atoms with van der Waals surface area (Å²) >= 11 is 5.91. The lowest BCUT2D eigenvalue weighted by molar-refractivity contribution is -0.116. The standard InChI is InChI=1S/C26H20ClN3O/c1-18-6-8-19(9-7-18)20(15-28)14-21-16-30(25-5-3-2-4-24(21)25)17-26(31)29-23-12-10-22(27)11-13-23/h2-14,16H,17H2,1H3,(H,29,31)/b20-14-. The van der Waals surface area contributed by atoms with Crippen LogP contribution in [-0.4, -0.2) is 10.5 Å². The third-order valence-corrected chi connectivity index (χ3v) is 5.30. The molecular formula is C26H20ClN3O. The smallest absolute Gasteiger partial charge is 0.244 e. The van der Waals surface area contributed by atoms with E-state index in [4.69, 9.17) is 11.6 Å². The Hall–Kier alpha value is -3.81. The molecule has 1 amide bonds. The zero-order valence-electron chi connectivity index (χ0n) is 17.0. The molecule has 0 atom stereocenters. The van der Waals surface area contributed by atoms with Crippen LogP contribution in [0, 0.1) is 18.3 Å². The van der Waals surface area contributed by atoms with Crippen LogP contribution in [0.5, 0.6) is 0 Å². The van der Waals surface area contributed by atoms with E-state index in [9.17, 15) is 10.1 Å². The maximum Gasteiger partial charge on any atom is 0.244 e. The van der Waals surface area contributed by atoms with Gasteiger partial charge in [-0.15, -0.1) is 0 Å². The Balaban J connectivity index is 1.65. The Morgan fingerprint density at radius 1 is 1.06 bits per heavy atom. The molecule has 0 radical (unpaired) electrons. The summed E-state index contributed by atoms with van der Waals surface area (Å²) in [5.74, 6) is -0.141. The highest BCUT2D eigenvalue weighted by Gasteiger charge is 2.11. The first-order chi connectivity index (χ1) is 15.0. The number of hydrogen-bond acceptors (Lipinski definition) is 2. The SMILES string of the molecule is Cc1ccc(/C(C#N)=C\c2cn(CC(=O)Nc3ccc(Cl)cc3)c3ccccc23)cc1. The Bertz CT molecular complexity index is 1310. The predicted molar refractivity (Wildman–Crippen MR) is 127 cm³/mol. The van der Waals surface area contributed by atoms with Gasteiger partial charge < -0.3 is 9.88 Å². The average molecular weight is 426 g/mol. The van der Waals surface area contributed by atoms with E-state index in [0.29, 0.717) is 16.3 Å². The molecule has 0 saturated carbocycles. The molecule has 1 heterocycles. The second-order valence-corrected chi connectivity index (χ2v) is 7.76. The number of rotatable bonds is 5. The number of anilines is 1. The number of nitriles is 1. The molecule has 1 aromatic heterocycles. The number of para-hydroxylation sites is 1. The van der Waals surface area contributed by atoms with E-state index in [1.807, 2.05) is 72.3 Å². The average Bonchev–Trinajstić information content (AvgIpc) is 3.11. The van der Waals surface area contributed by atoms with E-state index in [2.05, 4.69) is 11.4 Å². The number of nitrogens with zero attached hydrogens (tertiary/aromatic N) is 2. The highest BCUT2D eigenvalue weighted by molar-refractivity contribution is 6.30. The molecule has 31 heavy (non-hydrogen) atoms. The number of benzene rings is 3. The molecule has 0 bridgehead atoms. The zero-order chi connectivity index (χ0) is 21.8. The van der Waals surface area contributed by atoms with Crippen molar-refractivity contribution in [3.8, 4) is 6.07 Å². The highest BCUT2D eigenvalue weighted by Crippen LogP contribution is 2.26. The van der Waals surface area contributed by atoms with Gasteiger partial charge in [0.25, 0.3) is 0 Å². The van der Waals surface area contributed by atoms with Gasteiger partial charge in [-0.25, -0.2) is 0 Å². The maximum absolute atomic E-state index is 12.6. The molecule has 0 saturated heterocycles. The summed E-state index contributed by atoms with van der Waals surface area (Å²) in [6, 6.07) is 25.0. The molecule has 0 aliphatic heterocycles. The molecule has 3 aromatic carbocycles. The zero-order valence-corrected chi connectivity index (χ0v) is 17.7. The summed E-state index contributed by atoms with van der Waals surface area (Å²) < 4.78 is 1.90. The Morgan fingerprint density at radius 2 is 1.77 bits per heavy atom. The molecule has 0 aliphatic carbocycles. The molecule has 4 nitrogen and oxygen atoms in total. The molecule has 5 heteroatoms. The number of aryl methyl sites for hydroxylation is 1. The van der Waals surface area contributed by atoms with Crippen LogP contribution in [0.4, 0.5) is 5.69 Å². The number of hydrogen-bond donors (Lipinski definition) is 1. The highest BCUT2D eigenvalue weighted by atomic mass is 35.5. The van der Waals surface area contributed by atoms with Crippen molar-refractivity contribution in [3.05, 3.63) is 101 Å². The minimum atomic E-state index is -0.141. The number of allylic oxidation sites excluding steroid dienone is 1. The van der Waals surface area contributed by atoms with Gasteiger partial charge in [-0.05, 0) is 48.9 Å². The third kappa shape index (κ3) is 4.69. The lowest BCUT2D eigenvalue weighted by atomic mass is 10.0. The van der Waals surface area contributed by atoms with Crippen molar-refractivity contribution >= 4 is 45.7 Å². The lowest BCUT2D eigenvalue weighted by Crippen LogP contribution is -2.18. The van der Waals surface area contributed by atoms with Crippen LogP contribution >= 0.6 is 11.6 Å². The van der Waals surface area contributed by atoms with Crippen LogP contribution in [0.15, 0.2) is 79.0 Å². The molecule has 0 unspecified atom stereocenters. The van der Waals surface area contributed by atoms with Crippen molar-refractivity contribution in [2.45, 2.75) is 13.5 Å². The van der Waals surface area contributed by atoms with E-state index >= 15 is 0 Å². The minimum Gasteiger partial charge on any atom is -0.337 e. The number of amides is 1. The second kappa shape index (κ2) is 8.91. The van der Waals surface area contributed by atoms with Crippen LogP contribution in [0.25, 0.3) is 22.6 Å². The van der Waals surface area contributed by atoms with E-state index in [0.717, 1.165) is 27.6 Å². The van der Waals surface area contributed by atoms with E-state index in [-0.39, 0.29) is 12.5 Å². The van der Waals surface area contributed by atoms with Crippen LogP contribution in [0.1, 0.15) is 16.7 Å². The van der Waals surface area contributed by atoms with Crippen LogP contribution in [-0.2, 0) is 11.3 Å². The summed E-state index contributed by atoms with van der Waals surface area (Å²) in [5.41, 5.74) is 5.11. The van der Waals surface area contributed by atoms with Gasteiger partial charge in [0.15, 0.2) is 0 Å². The largest absolute Gasteiger partial charge is 0.337 e. The van der Waals surface area contributed by atoms with Gasteiger partial charge in [-0.1, -0.05) is 59.6 Å². The topological polar surface area (TPSA) is 57.8 Å². The van der Waals surface area contributed by atoms with Gasteiger partial charge in [0.1, 0.15) is 6.54 Å². The van der Waals surface area contributed by atoms with E-state index < -0.39 is 0 Å². The van der Waals surface area contributed by atoms with Gasteiger partial charge in [-0.3, -0.25) is 4.79 Å². The van der Waals surface area contributed by atoms with Gasteiger partial charge in [0, 0.05) is 33.4 Å². The molecular weight excluding hydrogens is 406 g/mol. The van der Waals surface area contributed by atoms with Crippen LogP contribution in [0.2, 0.25) is 5.02 Å². The quantitative estimate of drug-likeness (QED) is 0.381. The summed E-state index contributed by atoms with van der Waals surface area (Å²) in [6.45, 7) is 2.17. The Labute approximate surface area is 186 Å². The van der Waals surface area contributed by atoms with Crippen molar-refractivity contribution in [1.29, 1.82) is 5.26 Å². The van der Waals surface area contributed by atoms with Crippen molar-refractivity contribution in [2.75, 3.05) is 5.32 Å². The van der Waals surface area contributed by atoms with Crippen LogP contribution < -0.4 is 5.32 Å². The van der Waals surface area contributed by atoms with Crippen molar-refractivity contribution in [2.24, 2.45) is 0 Å². The number of halogens is 1. The molecule has 4 rings (SSSR count). The Morgan fingerprint density at radius 3 is 2.48 bits per heavy atom. The molecule has 0 fully saturated rings. The summed E-state index contributed by atoms with van der Waals surface area (Å²) in [5, 5.41) is 14.2. The number of aromatic nitrogens is 1. The molecule has 1 N–H and O–H groups in total. The molecule has 4 aromatic rings. The fourth-order valence-corrected chi connectivity index (χ4v) is 3.60. The first-order valence-corrected chi connectivity index (χ1v) is 10.2. The molecule has 0 spiro atoms. The summed E-state index contributed by atoms with van der Waals surface area (Å²) in [6.07, 6.45) is 3.79. The third-order valence-electron chi connectivity index (χ3n) is 5.04. The minimum absolute atomic E-state index is 0.141. The normalized spacial score (nSPS) is 11.3. The lowest BCUT2D eigenvalue weighted by Gasteiger charge is -2.07. The predicted octanol–water partition coefficient (Wildman–Crippen LogP) is 6.31. The van der Waals surface area contributed by atoms with Gasteiger partial charge >= 0.3 is 0 Å². The number of carbonyl (C=O) groups is 1. The Kier molecular flexibility index (Phi) is 5.88. The van der Waals surface area contributed by atoms with Crippen LogP contribution in [0.3, 0.4) is 0 Å². The fourth-order valence-electron chi connectivity index (χ4n) is 3.48. The summed E-state index contributed by atoms with van der Waals surface area (Å²) in [4.78, 5) is 12.6. The maximum atomic E-state index is 12.6.